The summed E-state index contributed by atoms with van der Waals surface area (Å²) in [6, 6.07) is 8.91. The van der Waals surface area contributed by atoms with E-state index in [0.717, 1.165) is 28.4 Å². The van der Waals surface area contributed by atoms with Crippen molar-refractivity contribution in [2.75, 3.05) is 11.5 Å². The molecule has 3 aromatic heterocycles. The van der Waals surface area contributed by atoms with Crippen LogP contribution in [-0.2, 0) is 6.42 Å². The summed E-state index contributed by atoms with van der Waals surface area (Å²) in [5, 5.41) is 1.98. The average molecular weight is 373 g/mol. The zero-order chi connectivity index (χ0) is 19.1. The number of anilines is 2. The first-order valence-corrected chi connectivity index (χ1v) is 9.75. The van der Waals surface area contributed by atoms with Gasteiger partial charge in [0.1, 0.15) is 17.8 Å². The first-order chi connectivity index (χ1) is 13.7. The van der Waals surface area contributed by atoms with Crippen LogP contribution in [0.1, 0.15) is 37.3 Å². The van der Waals surface area contributed by atoms with E-state index in [-0.39, 0.29) is 0 Å². The molecule has 0 spiro atoms. The molecule has 3 heterocycles. The largest absolute Gasteiger partial charge is 0.383 e. The molecular weight excluding hydrogens is 350 g/mol. The number of nitrogens with zero attached hydrogens (tertiary/aromatic N) is 5. The highest BCUT2D eigenvalue weighted by Crippen LogP contribution is 2.39. The van der Waals surface area contributed by atoms with Gasteiger partial charge in [-0.15, -0.1) is 0 Å². The second kappa shape index (κ2) is 6.74. The van der Waals surface area contributed by atoms with Crippen LogP contribution in [0, 0.1) is 5.92 Å². The highest BCUT2D eigenvalue weighted by atomic mass is 15.1. The summed E-state index contributed by atoms with van der Waals surface area (Å²) in [7, 11) is 0. The lowest BCUT2D eigenvalue weighted by Crippen LogP contribution is -2.06. The number of hydrogen-bond donors (Lipinski definition) is 2. The monoisotopic (exact) mass is 373 g/mol. The number of benzene rings is 1. The molecule has 4 N–H and O–H groups in total. The van der Waals surface area contributed by atoms with Crippen LogP contribution in [0.4, 0.5) is 11.8 Å². The first-order valence-electron chi connectivity index (χ1n) is 9.75. The number of nitrogen functional groups attached to an aromatic ring is 2. The fraction of sp³-hybridized carbons (Fsp3) is 0.333. The Kier molecular flexibility index (Phi) is 4.07. The van der Waals surface area contributed by atoms with Gasteiger partial charge < -0.3 is 16.0 Å². The fourth-order valence-corrected chi connectivity index (χ4v) is 4.46. The molecule has 4 aromatic rings. The van der Waals surface area contributed by atoms with E-state index < -0.39 is 0 Å². The standard InChI is InChI=1S/C21H23N7/c22-19-17-7-8-28(20(17)26-12-25-19)16-6-4-13(9-16)1-2-14-3-5-15-11-24-21(23)27-18(15)10-14/h3,5,7-8,10-13,16H,1-2,4,6,9H2,(H2,22,25,26)(H2,23,24,27). The second-order valence-electron chi connectivity index (χ2n) is 7.71. The third-order valence-corrected chi connectivity index (χ3v) is 5.95. The van der Waals surface area contributed by atoms with Crippen molar-refractivity contribution >= 4 is 33.7 Å². The van der Waals surface area contributed by atoms with E-state index in [1.165, 1.54) is 31.2 Å². The van der Waals surface area contributed by atoms with Crippen LogP contribution in [0.5, 0.6) is 0 Å². The minimum atomic E-state index is 0.326. The maximum atomic E-state index is 5.98. The number of rotatable bonds is 4. The van der Waals surface area contributed by atoms with Crippen molar-refractivity contribution in [3.63, 3.8) is 0 Å². The first kappa shape index (κ1) is 16.9. The van der Waals surface area contributed by atoms with Gasteiger partial charge in [-0.2, -0.15) is 0 Å². The molecule has 1 aliphatic rings. The number of aryl methyl sites for hydroxylation is 1. The molecule has 7 nitrogen and oxygen atoms in total. The Morgan fingerprint density at radius 2 is 2.00 bits per heavy atom. The van der Waals surface area contributed by atoms with Gasteiger partial charge in [0, 0.05) is 23.8 Å². The molecule has 2 unspecified atom stereocenters. The molecule has 0 bridgehead atoms. The third kappa shape index (κ3) is 3.02. The fourth-order valence-electron chi connectivity index (χ4n) is 4.46. The maximum absolute atomic E-state index is 5.98. The lowest BCUT2D eigenvalue weighted by Gasteiger charge is -2.14. The lowest BCUT2D eigenvalue weighted by atomic mass is 9.97. The van der Waals surface area contributed by atoms with E-state index in [1.54, 1.807) is 12.5 Å². The van der Waals surface area contributed by atoms with Gasteiger partial charge in [-0.25, -0.2) is 19.9 Å². The Morgan fingerprint density at radius 3 is 2.93 bits per heavy atom. The van der Waals surface area contributed by atoms with Crippen LogP contribution in [0.3, 0.4) is 0 Å². The molecular formula is C21H23N7. The predicted octanol–water partition coefficient (Wildman–Crippen LogP) is 3.51. The third-order valence-electron chi connectivity index (χ3n) is 5.95. The molecule has 1 saturated carbocycles. The molecule has 1 aliphatic carbocycles. The Hall–Kier alpha value is -3.22. The van der Waals surface area contributed by atoms with Gasteiger partial charge in [0.25, 0.3) is 0 Å². The van der Waals surface area contributed by atoms with Crippen molar-refractivity contribution in [1.82, 2.24) is 24.5 Å². The number of fused-ring (bicyclic) bond motifs is 2. The van der Waals surface area contributed by atoms with Crippen LogP contribution in [-0.4, -0.2) is 24.5 Å². The van der Waals surface area contributed by atoms with Crippen molar-refractivity contribution in [1.29, 1.82) is 0 Å². The van der Waals surface area contributed by atoms with Gasteiger partial charge in [0.05, 0.1) is 10.9 Å². The lowest BCUT2D eigenvalue weighted by molar-refractivity contribution is 0.461. The molecule has 7 heteroatoms. The van der Waals surface area contributed by atoms with Gasteiger partial charge >= 0.3 is 0 Å². The van der Waals surface area contributed by atoms with Crippen LogP contribution in [0.25, 0.3) is 21.9 Å². The minimum absolute atomic E-state index is 0.326. The quantitative estimate of drug-likeness (QED) is 0.566. The summed E-state index contributed by atoms with van der Waals surface area (Å²) in [6.07, 6.45) is 11.3. The number of aromatic nitrogens is 5. The minimum Gasteiger partial charge on any atom is -0.383 e. The van der Waals surface area contributed by atoms with Gasteiger partial charge in [-0.1, -0.05) is 12.1 Å². The average Bonchev–Trinajstić information content (AvgIpc) is 3.33. The SMILES string of the molecule is Nc1ncc2ccc(CCC3CCC(n4ccc5c(N)ncnc54)C3)cc2n1. The van der Waals surface area contributed by atoms with Gasteiger partial charge in [-0.05, 0) is 55.7 Å². The summed E-state index contributed by atoms with van der Waals surface area (Å²) >= 11 is 0. The van der Waals surface area contributed by atoms with Crippen molar-refractivity contribution in [3.05, 3.63) is 48.5 Å². The van der Waals surface area contributed by atoms with Crippen molar-refractivity contribution in [2.24, 2.45) is 5.92 Å². The van der Waals surface area contributed by atoms with E-state index in [4.69, 9.17) is 11.5 Å². The molecule has 0 amide bonds. The Labute approximate surface area is 162 Å². The molecule has 0 saturated heterocycles. The number of nitrogens with two attached hydrogens (primary N) is 2. The molecule has 1 aromatic carbocycles. The highest BCUT2D eigenvalue weighted by Gasteiger charge is 2.27. The smallest absolute Gasteiger partial charge is 0.220 e. The van der Waals surface area contributed by atoms with Crippen LogP contribution in [0.15, 0.2) is 43.0 Å². The normalized spacial score (nSPS) is 19.6. The molecule has 2 atom stereocenters. The maximum Gasteiger partial charge on any atom is 0.220 e. The zero-order valence-corrected chi connectivity index (χ0v) is 15.6. The molecule has 5 rings (SSSR count). The molecule has 0 aliphatic heterocycles. The Balaban J connectivity index is 1.27. The van der Waals surface area contributed by atoms with Crippen LogP contribution in [0.2, 0.25) is 0 Å². The van der Waals surface area contributed by atoms with Gasteiger partial charge in [-0.3, -0.25) is 0 Å². The summed E-state index contributed by atoms with van der Waals surface area (Å²) < 4.78 is 2.28. The van der Waals surface area contributed by atoms with E-state index in [1.807, 2.05) is 6.07 Å². The molecule has 1 fully saturated rings. The Bertz CT molecular complexity index is 1150. The van der Waals surface area contributed by atoms with Crippen molar-refractivity contribution in [2.45, 2.75) is 38.1 Å². The van der Waals surface area contributed by atoms with E-state index in [9.17, 15) is 0 Å². The molecule has 0 radical (unpaired) electrons. The van der Waals surface area contributed by atoms with Gasteiger partial charge in [0.15, 0.2) is 0 Å². The highest BCUT2D eigenvalue weighted by molar-refractivity contribution is 5.86. The topological polar surface area (TPSA) is 109 Å². The molecule has 28 heavy (non-hydrogen) atoms. The van der Waals surface area contributed by atoms with E-state index >= 15 is 0 Å². The van der Waals surface area contributed by atoms with E-state index in [2.05, 4.69) is 48.9 Å². The van der Waals surface area contributed by atoms with Crippen LogP contribution >= 0.6 is 0 Å². The van der Waals surface area contributed by atoms with E-state index in [0.29, 0.717) is 23.7 Å². The Morgan fingerprint density at radius 1 is 1.07 bits per heavy atom. The zero-order valence-electron chi connectivity index (χ0n) is 15.6. The summed E-state index contributed by atoms with van der Waals surface area (Å²) in [5.41, 5.74) is 14.9. The second-order valence-corrected chi connectivity index (χ2v) is 7.71. The van der Waals surface area contributed by atoms with Crippen molar-refractivity contribution < 1.29 is 0 Å². The van der Waals surface area contributed by atoms with Crippen molar-refractivity contribution in [3.8, 4) is 0 Å². The summed E-state index contributed by atoms with van der Waals surface area (Å²) in [4.78, 5) is 16.9. The predicted molar refractivity (Wildman–Crippen MR) is 111 cm³/mol. The van der Waals surface area contributed by atoms with Gasteiger partial charge in [0.2, 0.25) is 5.95 Å². The summed E-state index contributed by atoms with van der Waals surface area (Å²) in [5.74, 6) is 1.60. The van der Waals surface area contributed by atoms with Crippen LogP contribution < -0.4 is 11.5 Å². The molecule has 142 valence electrons. The summed E-state index contributed by atoms with van der Waals surface area (Å²) in [6.45, 7) is 0. The number of hydrogen-bond acceptors (Lipinski definition) is 6.